The highest BCUT2D eigenvalue weighted by atomic mass is 35.5. The molecule has 1 nitrogen and oxygen atoms in total. The lowest BCUT2D eigenvalue weighted by molar-refractivity contribution is -0.138. The Morgan fingerprint density at radius 1 is 1.38 bits per heavy atom. The summed E-state index contributed by atoms with van der Waals surface area (Å²) in [6.07, 6.45) is -3.61. The summed E-state index contributed by atoms with van der Waals surface area (Å²) < 4.78 is 38.3. The van der Waals surface area contributed by atoms with Gasteiger partial charge < -0.3 is 5.73 Å². The second-order valence-corrected chi connectivity index (χ2v) is 4.50. The molecule has 0 aliphatic heterocycles. The molecule has 1 aromatic rings. The number of hydrogen-bond acceptors (Lipinski definition) is 1. The van der Waals surface area contributed by atoms with Crippen molar-refractivity contribution < 1.29 is 13.2 Å². The summed E-state index contributed by atoms with van der Waals surface area (Å²) in [7, 11) is 0. The molecule has 2 atom stereocenters. The van der Waals surface area contributed by atoms with Crippen molar-refractivity contribution in [2.75, 3.05) is 6.54 Å². The Morgan fingerprint density at radius 3 is 2.56 bits per heavy atom. The van der Waals surface area contributed by atoms with Crippen LogP contribution in [0.5, 0.6) is 0 Å². The van der Waals surface area contributed by atoms with Crippen molar-refractivity contribution in [1.29, 1.82) is 0 Å². The zero-order chi connectivity index (χ0) is 11.9. The standard InChI is InChI=1S/C11H11ClF3N/c12-7-1-2-8(9-3-6(9)5-16)10(4-7)11(13,14)15/h1-2,4,6,9H,3,5,16H2. The molecule has 1 fully saturated rings. The van der Waals surface area contributed by atoms with Gasteiger partial charge in [-0.1, -0.05) is 17.7 Å². The number of nitrogens with two attached hydrogens (primary N) is 1. The SMILES string of the molecule is NCC1CC1c1ccc(Cl)cc1C(F)(F)F. The molecule has 0 bridgehead atoms. The molecule has 2 rings (SSSR count). The Hall–Kier alpha value is -0.740. The normalized spacial score (nSPS) is 24.6. The van der Waals surface area contributed by atoms with Crippen molar-refractivity contribution in [3.8, 4) is 0 Å². The highest BCUT2D eigenvalue weighted by Gasteiger charge is 2.43. The predicted octanol–water partition coefficient (Wildman–Crippen LogP) is 3.42. The van der Waals surface area contributed by atoms with E-state index in [2.05, 4.69) is 0 Å². The van der Waals surface area contributed by atoms with Crippen molar-refractivity contribution in [2.24, 2.45) is 11.7 Å². The number of rotatable bonds is 2. The van der Waals surface area contributed by atoms with E-state index in [-0.39, 0.29) is 16.9 Å². The molecule has 0 amide bonds. The van der Waals surface area contributed by atoms with Gasteiger partial charge in [-0.3, -0.25) is 0 Å². The van der Waals surface area contributed by atoms with E-state index in [1.165, 1.54) is 12.1 Å². The zero-order valence-corrected chi connectivity index (χ0v) is 9.15. The van der Waals surface area contributed by atoms with Crippen LogP contribution in [0.4, 0.5) is 13.2 Å². The minimum atomic E-state index is -4.35. The molecule has 16 heavy (non-hydrogen) atoms. The van der Waals surface area contributed by atoms with E-state index in [1.54, 1.807) is 0 Å². The van der Waals surface area contributed by atoms with Crippen LogP contribution in [0.3, 0.4) is 0 Å². The lowest BCUT2D eigenvalue weighted by Crippen LogP contribution is -2.10. The first kappa shape index (κ1) is 11.7. The van der Waals surface area contributed by atoms with Crippen LogP contribution in [0.25, 0.3) is 0 Å². The molecular formula is C11H11ClF3N. The van der Waals surface area contributed by atoms with Crippen molar-refractivity contribution in [1.82, 2.24) is 0 Å². The third kappa shape index (κ3) is 2.18. The van der Waals surface area contributed by atoms with Crippen LogP contribution in [0.15, 0.2) is 18.2 Å². The monoisotopic (exact) mass is 249 g/mol. The molecule has 1 aliphatic carbocycles. The average Bonchev–Trinajstić information content (AvgIpc) is 2.95. The van der Waals surface area contributed by atoms with E-state index in [9.17, 15) is 13.2 Å². The Bertz CT molecular complexity index is 403. The number of hydrogen-bond donors (Lipinski definition) is 1. The van der Waals surface area contributed by atoms with Gasteiger partial charge in [0.1, 0.15) is 0 Å². The Labute approximate surface area is 96.4 Å². The fourth-order valence-electron chi connectivity index (χ4n) is 1.99. The number of alkyl halides is 3. The highest BCUT2D eigenvalue weighted by molar-refractivity contribution is 6.30. The quantitative estimate of drug-likeness (QED) is 0.854. The summed E-state index contributed by atoms with van der Waals surface area (Å²) >= 11 is 5.59. The molecule has 1 aromatic carbocycles. The molecular weight excluding hydrogens is 239 g/mol. The first-order valence-corrected chi connectivity index (χ1v) is 5.38. The lowest BCUT2D eigenvalue weighted by atomic mass is 10.0. The summed E-state index contributed by atoms with van der Waals surface area (Å²) in [5.74, 6) is 0.126. The second kappa shape index (κ2) is 3.93. The van der Waals surface area contributed by atoms with E-state index >= 15 is 0 Å². The maximum absolute atomic E-state index is 12.8. The third-order valence-electron chi connectivity index (χ3n) is 2.95. The predicted molar refractivity (Wildman–Crippen MR) is 56.4 cm³/mol. The van der Waals surface area contributed by atoms with Gasteiger partial charge in [0.25, 0.3) is 0 Å². The van der Waals surface area contributed by atoms with E-state index in [1.807, 2.05) is 0 Å². The maximum Gasteiger partial charge on any atom is 0.416 e. The summed E-state index contributed by atoms with van der Waals surface area (Å²) in [6.45, 7) is 0.435. The van der Waals surface area contributed by atoms with Crippen LogP contribution in [0, 0.1) is 5.92 Å². The fourth-order valence-corrected chi connectivity index (χ4v) is 2.16. The average molecular weight is 250 g/mol. The van der Waals surface area contributed by atoms with Gasteiger partial charge in [-0.2, -0.15) is 13.2 Å². The van der Waals surface area contributed by atoms with Crippen molar-refractivity contribution in [3.63, 3.8) is 0 Å². The number of benzene rings is 1. The van der Waals surface area contributed by atoms with Gasteiger partial charge in [0.05, 0.1) is 5.56 Å². The number of halogens is 4. The maximum atomic E-state index is 12.8. The Kier molecular flexibility index (Phi) is 2.88. The third-order valence-corrected chi connectivity index (χ3v) is 3.18. The molecule has 0 aromatic heterocycles. The topological polar surface area (TPSA) is 26.0 Å². The summed E-state index contributed by atoms with van der Waals surface area (Å²) in [6, 6.07) is 3.95. The summed E-state index contributed by atoms with van der Waals surface area (Å²) in [4.78, 5) is 0. The molecule has 1 saturated carbocycles. The molecule has 88 valence electrons. The zero-order valence-electron chi connectivity index (χ0n) is 8.39. The van der Waals surface area contributed by atoms with Crippen LogP contribution in [-0.4, -0.2) is 6.54 Å². The van der Waals surface area contributed by atoms with Crippen molar-refractivity contribution in [3.05, 3.63) is 34.3 Å². The molecule has 1 aliphatic rings. The lowest BCUT2D eigenvalue weighted by Gasteiger charge is -2.13. The van der Waals surface area contributed by atoms with Crippen LogP contribution in [0.2, 0.25) is 5.02 Å². The first-order valence-electron chi connectivity index (χ1n) is 5.00. The van der Waals surface area contributed by atoms with Gasteiger partial charge in [-0.15, -0.1) is 0 Å². The van der Waals surface area contributed by atoms with Crippen LogP contribution >= 0.6 is 11.6 Å². The molecule has 2 unspecified atom stereocenters. The van der Waals surface area contributed by atoms with Gasteiger partial charge in [0, 0.05) is 5.02 Å². The van der Waals surface area contributed by atoms with Crippen LogP contribution in [0.1, 0.15) is 23.5 Å². The molecule has 5 heteroatoms. The van der Waals surface area contributed by atoms with Gasteiger partial charge >= 0.3 is 6.18 Å². The van der Waals surface area contributed by atoms with E-state index < -0.39 is 11.7 Å². The van der Waals surface area contributed by atoms with Gasteiger partial charge in [0.2, 0.25) is 0 Å². The van der Waals surface area contributed by atoms with E-state index in [4.69, 9.17) is 17.3 Å². The second-order valence-electron chi connectivity index (χ2n) is 4.07. The van der Waals surface area contributed by atoms with Gasteiger partial charge in [-0.05, 0) is 42.5 Å². The van der Waals surface area contributed by atoms with Gasteiger partial charge in [-0.25, -0.2) is 0 Å². The Balaban J connectivity index is 2.38. The fraction of sp³-hybridized carbons (Fsp3) is 0.455. The van der Waals surface area contributed by atoms with E-state index in [0.717, 1.165) is 12.5 Å². The van der Waals surface area contributed by atoms with Crippen molar-refractivity contribution in [2.45, 2.75) is 18.5 Å². The smallest absolute Gasteiger partial charge is 0.330 e. The molecule has 2 N–H and O–H groups in total. The molecule has 0 heterocycles. The highest BCUT2D eigenvalue weighted by Crippen LogP contribution is 2.50. The minimum Gasteiger partial charge on any atom is -0.330 e. The molecule has 0 radical (unpaired) electrons. The van der Waals surface area contributed by atoms with Crippen molar-refractivity contribution >= 4 is 11.6 Å². The van der Waals surface area contributed by atoms with Gasteiger partial charge in [0.15, 0.2) is 0 Å². The first-order chi connectivity index (χ1) is 7.43. The minimum absolute atomic E-state index is 0.0566. The molecule has 0 spiro atoms. The summed E-state index contributed by atoms with van der Waals surface area (Å²) in [5.41, 5.74) is 5.15. The van der Waals surface area contributed by atoms with Crippen LogP contribution in [-0.2, 0) is 6.18 Å². The molecule has 0 saturated heterocycles. The largest absolute Gasteiger partial charge is 0.416 e. The van der Waals surface area contributed by atoms with E-state index in [0.29, 0.717) is 12.1 Å². The summed E-state index contributed by atoms with van der Waals surface area (Å²) in [5, 5.41) is 0.112. The Morgan fingerprint density at radius 2 is 2.06 bits per heavy atom. The van der Waals surface area contributed by atoms with Crippen LogP contribution < -0.4 is 5.73 Å².